The van der Waals surface area contributed by atoms with Crippen LogP contribution in [0.4, 0.5) is 0 Å². The minimum atomic E-state index is -4.94. The summed E-state index contributed by atoms with van der Waals surface area (Å²) in [7, 11) is -4.94. The number of rotatable bonds is 1. The maximum atomic E-state index is 8.49. The smallest absolute Gasteiger partial charge is 0.162 e. The molecular weight excluding hydrogens is 494 g/mol. The van der Waals surface area contributed by atoms with Gasteiger partial charge in [-0.1, -0.05) is 12.1 Å². The van der Waals surface area contributed by atoms with Crippen molar-refractivity contribution in [2.75, 3.05) is 79.3 Å². The van der Waals surface area contributed by atoms with Crippen molar-refractivity contribution in [1.29, 1.82) is 0 Å². The predicted octanol–water partition coefficient (Wildman–Crippen LogP) is -5.18. The maximum Gasteiger partial charge on any atom is 0.162 e. The number of fused-ring (bicyclic) bond motifs is 1. The molecule has 1 saturated heterocycles. The van der Waals surface area contributed by atoms with Crippen LogP contribution in [0.25, 0.3) is 11.0 Å². The number of quaternary nitrogens is 1. The van der Waals surface area contributed by atoms with Crippen LogP contribution in [0.15, 0.2) is 24.3 Å². The van der Waals surface area contributed by atoms with E-state index in [0.717, 1.165) is 16.9 Å². The molecule has 2 heterocycles. The van der Waals surface area contributed by atoms with Crippen molar-refractivity contribution in [3.8, 4) is 0 Å². The number of hydrogen-bond acceptors (Lipinski definition) is 11. The van der Waals surface area contributed by atoms with Crippen LogP contribution in [0.5, 0.6) is 0 Å². The molecule has 1 aromatic heterocycles. The van der Waals surface area contributed by atoms with Gasteiger partial charge in [-0.3, -0.25) is 0 Å². The molecule has 2 aromatic rings. The summed E-state index contributed by atoms with van der Waals surface area (Å²) in [4.78, 5) is 7.48. The van der Waals surface area contributed by atoms with Gasteiger partial charge in [0.1, 0.15) is 6.54 Å². The van der Waals surface area contributed by atoms with E-state index in [4.69, 9.17) is 47.1 Å². The van der Waals surface area contributed by atoms with Crippen molar-refractivity contribution < 1.29 is 68.5 Å². The normalized spacial score (nSPS) is 17.4. The van der Waals surface area contributed by atoms with Crippen molar-refractivity contribution >= 4 is 11.0 Å². The second-order valence-corrected chi connectivity index (χ2v) is 7.26. The number of para-hydroxylation sites is 2. The molecule has 1 aromatic carbocycles. The first-order valence-electron chi connectivity index (χ1n) is 10.7. The third kappa shape index (κ3) is 21.5. The summed E-state index contributed by atoms with van der Waals surface area (Å²) in [6.07, 6.45) is 0. The van der Waals surface area contributed by atoms with E-state index in [1.54, 1.807) is 0 Å². The number of ether oxygens (including phenoxy) is 6. The van der Waals surface area contributed by atoms with Crippen LogP contribution < -0.4 is 24.4 Å². The molecule has 0 aliphatic carbocycles. The molecule has 14 nitrogen and oxygen atoms in total. The molecule has 6 N–H and O–H groups in total. The highest BCUT2D eigenvalue weighted by Crippen LogP contribution is 2.08. The Morgan fingerprint density at radius 3 is 1.29 bits per heavy atom. The summed E-state index contributed by atoms with van der Waals surface area (Å²) < 4.78 is 65.9. The summed E-state index contributed by atoms with van der Waals surface area (Å²) in [5, 5.41) is 0. The molecule has 0 atom stereocenters. The van der Waals surface area contributed by atoms with E-state index in [1.807, 2.05) is 24.3 Å². The van der Waals surface area contributed by atoms with Crippen LogP contribution in [-0.2, 0) is 35.0 Å². The van der Waals surface area contributed by atoms with E-state index in [9.17, 15) is 0 Å². The summed E-state index contributed by atoms with van der Waals surface area (Å²) >= 11 is 0. The summed E-state index contributed by atoms with van der Waals surface area (Å²) in [5.41, 5.74) is 5.87. The summed E-state index contributed by atoms with van der Waals surface area (Å²) in [6.45, 7) is 7.75. The Labute approximate surface area is 205 Å². The van der Waals surface area contributed by atoms with Crippen LogP contribution >= 0.6 is 0 Å². The molecule has 35 heavy (non-hydrogen) atoms. The van der Waals surface area contributed by atoms with Gasteiger partial charge in [-0.05, 0) is 12.1 Å². The van der Waals surface area contributed by atoms with Gasteiger partial charge in [0.15, 0.2) is 5.82 Å². The molecule has 204 valence electrons. The van der Waals surface area contributed by atoms with Crippen LogP contribution in [0, 0.1) is 10.2 Å². The minimum Gasteiger partial charge on any atom is -0.412 e. The van der Waals surface area contributed by atoms with Gasteiger partial charge in [0.25, 0.3) is 0 Å². The highest BCUT2D eigenvalue weighted by atomic mass is 35.7. The quantitative estimate of drug-likeness (QED) is 0.354. The highest BCUT2D eigenvalue weighted by molar-refractivity contribution is 5.74. The van der Waals surface area contributed by atoms with Crippen molar-refractivity contribution in [3.05, 3.63) is 30.1 Å². The van der Waals surface area contributed by atoms with E-state index in [2.05, 4.69) is 15.7 Å². The van der Waals surface area contributed by atoms with Gasteiger partial charge in [0, 0.05) is 0 Å². The zero-order chi connectivity index (χ0) is 24.9. The Hall–Kier alpha value is -1.50. The molecule has 0 bridgehead atoms. The Balaban J connectivity index is 0.000000575. The average Bonchev–Trinajstić information content (AvgIpc) is 3.22. The topological polar surface area (TPSA) is 235 Å². The Kier molecular flexibility index (Phi) is 20.8. The van der Waals surface area contributed by atoms with E-state index in [1.165, 1.54) is 0 Å². The zero-order valence-electron chi connectivity index (χ0n) is 19.6. The van der Waals surface area contributed by atoms with Gasteiger partial charge < -0.3 is 44.6 Å². The number of aromatic nitrogens is 2. The van der Waals surface area contributed by atoms with Crippen molar-refractivity contribution in [3.63, 3.8) is 0 Å². The number of nitrogens with zero attached hydrogens (tertiary/aromatic N) is 1. The molecule has 0 unspecified atom stereocenters. The molecule has 0 spiro atoms. The lowest BCUT2D eigenvalue weighted by Crippen LogP contribution is -2.68. The lowest BCUT2D eigenvalue weighted by atomic mass is 10.3. The standard InChI is InChI=1S/C12H24O6.C8H9N3.ClHO4.H2O/c1-2-14-5-6-16-9-10-18-12-11-17-8-7-15-4-3-13-1;9-5-8-10-6-3-1-2-4-7(6)11-8;2-1(3,4)5;/h1-12H2;1-4H,5,9H2,(H,10,11);(H,2,3,4,5);1H2. The molecular formula is C20H36ClN3O11. The largest absolute Gasteiger partial charge is 0.412 e. The second kappa shape index (κ2) is 21.8. The fraction of sp³-hybridized carbons (Fsp3) is 0.650. The van der Waals surface area contributed by atoms with Crippen LogP contribution in [0.3, 0.4) is 0 Å². The van der Waals surface area contributed by atoms with Gasteiger partial charge in [-0.15, -0.1) is 10.2 Å². The average molecular weight is 530 g/mol. The number of nitrogens with one attached hydrogen (secondary N) is 1. The highest BCUT2D eigenvalue weighted by Gasteiger charge is 1.99. The third-order valence-electron chi connectivity index (χ3n) is 3.91. The molecule has 15 heteroatoms. The first kappa shape index (κ1) is 33.5. The minimum absolute atomic E-state index is 0. The first-order valence-corrected chi connectivity index (χ1v) is 11.9. The van der Waals surface area contributed by atoms with E-state index >= 15 is 0 Å². The molecule has 1 aliphatic rings. The number of hydrogen-bond donors (Lipinski definition) is 2. The lowest BCUT2D eigenvalue weighted by Gasteiger charge is -2.17. The molecule has 0 radical (unpaired) electrons. The Bertz CT molecular complexity index is 620. The monoisotopic (exact) mass is 529 g/mol. The van der Waals surface area contributed by atoms with E-state index in [0.29, 0.717) is 85.8 Å². The summed E-state index contributed by atoms with van der Waals surface area (Å²) in [6, 6.07) is 7.98. The van der Waals surface area contributed by atoms with Crippen molar-refractivity contribution in [2.45, 2.75) is 6.54 Å². The first-order chi connectivity index (χ1) is 16.4. The molecule has 1 fully saturated rings. The molecule has 0 amide bonds. The molecule has 3 rings (SSSR count). The number of aromatic amines is 1. The summed E-state index contributed by atoms with van der Waals surface area (Å²) in [5.74, 6) is 0.950. The second-order valence-electron chi connectivity index (χ2n) is 6.50. The van der Waals surface area contributed by atoms with Gasteiger partial charge in [-0.25, -0.2) is 23.6 Å². The van der Waals surface area contributed by atoms with Gasteiger partial charge in [0.2, 0.25) is 0 Å². The van der Waals surface area contributed by atoms with E-state index in [-0.39, 0.29) is 5.48 Å². The maximum absolute atomic E-state index is 8.49. The molecule has 0 saturated carbocycles. The van der Waals surface area contributed by atoms with Crippen molar-refractivity contribution in [1.82, 2.24) is 9.97 Å². The SMILES string of the molecule is C1COCCOCCOCCOCCOCCO1.O.[NH3+]Cc1nc2ccccc2[nH]1.[O-][Cl+3]([O-])([O-])[O-]. The fourth-order valence-electron chi connectivity index (χ4n) is 2.44. The van der Waals surface area contributed by atoms with Crippen LogP contribution in [0.1, 0.15) is 5.82 Å². The number of H-pyrrole nitrogens is 1. The van der Waals surface area contributed by atoms with Gasteiger partial charge in [-0.2, -0.15) is 0 Å². The van der Waals surface area contributed by atoms with Crippen LogP contribution in [-0.4, -0.2) is 94.7 Å². The third-order valence-corrected chi connectivity index (χ3v) is 3.91. The Morgan fingerprint density at radius 2 is 1.00 bits per heavy atom. The molecule has 1 aliphatic heterocycles. The number of benzene rings is 1. The number of halogens is 1. The Morgan fingerprint density at radius 1 is 0.686 bits per heavy atom. The van der Waals surface area contributed by atoms with E-state index < -0.39 is 10.2 Å². The number of imidazole rings is 1. The fourth-order valence-corrected chi connectivity index (χ4v) is 2.44. The lowest BCUT2D eigenvalue weighted by molar-refractivity contribution is -2.00. The zero-order valence-corrected chi connectivity index (χ0v) is 20.4. The van der Waals surface area contributed by atoms with Crippen molar-refractivity contribution in [2.24, 2.45) is 0 Å². The van der Waals surface area contributed by atoms with Gasteiger partial charge >= 0.3 is 0 Å². The van der Waals surface area contributed by atoms with Gasteiger partial charge in [0.05, 0.1) is 90.3 Å². The predicted molar refractivity (Wildman–Crippen MR) is 111 cm³/mol. The van der Waals surface area contributed by atoms with Crippen LogP contribution in [0.2, 0.25) is 0 Å².